The van der Waals surface area contributed by atoms with Crippen LogP contribution >= 0.6 is 24.2 Å². The maximum Gasteiger partial charge on any atom is 0.352 e. The zero-order valence-corrected chi connectivity index (χ0v) is 17.4. The summed E-state index contributed by atoms with van der Waals surface area (Å²) in [6, 6.07) is 3.40. The number of amides is 1. The molecule has 10 heteroatoms. The van der Waals surface area contributed by atoms with Gasteiger partial charge in [-0.3, -0.25) is 9.69 Å². The van der Waals surface area contributed by atoms with Crippen LogP contribution in [0.25, 0.3) is 0 Å². The molecule has 0 spiro atoms. The summed E-state index contributed by atoms with van der Waals surface area (Å²) in [6.07, 6.45) is 9.15. The number of aliphatic hydroxyl groups excluding tert-OH is 1. The molecule has 2 aliphatic heterocycles. The number of hydrogen-bond donors (Lipinski definition) is 3. The minimum atomic E-state index is -1.10. The smallest absolute Gasteiger partial charge is 0.352 e. The van der Waals surface area contributed by atoms with Crippen LogP contribution in [0.5, 0.6) is 0 Å². The van der Waals surface area contributed by atoms with E-state index in [-0.39, 0.29) is 48.4 Å². The lowest BCUT2D eigenvalue weighted by Crippen LogP contribution is -3.00. The number of nitrogens with zero attached hydrogens (tertiary/aromatic N) is 2. The molecule has 0 saturated carbocycles. The number of aliphatic carboxylic acids is 1. The number of aryl methyl sites for hydroxylation is 1. The molecule has 1 saturated heterocycles. The van der Waals surface area contributed by atoms with Crippen molar-refractivity contribution in [2.75, 3.05) is 12.4 Å². The number of hydrogen-bond acceptors (Lipinski definition) is 5. The van der Waals surface area contributed by atoms with Crippen molar-refractivity contribution >= 4 is 36.0 Å². The Kier molecular flexibility index (Phi) is 9.46. The molecule has 3 rings (SSSR count). The summed E-state index contributed by atoms with van der Waals surface area (Å²) >= 11 is 1.49. The first-order valence-electron chi connectivity index (χ1n) is 8.45. The average Bonchev–Trinajstić information content (AvgIpc) is 2.66. The van der Waals surface area contributed by atoms with E-state index in [1.54, 1.807) is 6.08 Å². The molecule has 1 aromatic rings. The standard InChI is InChI=1S/C18H21N3O4S.2ClH/c19-14-16(23)21-15(18(24)25)13(11-26-17(14)21)4-1-7-20-8-5-12(6-9-20)3-2-10-22;;/h1,4-6,8-9,14,17,22H,2-3,7,10-11,19H2;2*1H/b4-1+;;/t14-,17-;;/m1../s1. The lowest BCUT2D eigenvalue weighted by atomic mass is 10.0. The Balaban J connectivity index is 0.00000196. The highest BCUT2D eigenvalue weighted by molar-refractivity contribution is 8.00. The first kappa shape index (κ1) is 24.5. The predicted octanol–water partition coefficient (Wildman–Crippen LogP) is -2.54. The Morgan fingerprint density at radius 2 is 2.07 bits per heavy atom. The number of pyridine rings is 1. The number of nitrogens with two attached hydrogens (primary N) is 1. The van der Waals surface area contributed by atoms with Gasteiger partial charge in [0.05, 0.1) is 0 Å². The van der Waals surface area contributed by atoms with E-state index in [2.05, 4.69) is 0 Å². The van der Waals surface area contributed by atoms with Gasteiger partial charge in [-0.25, -0.2) is 9.36 Å². The average molecular weight is 448 g/mol. The molecule has 1 fully saturated rings. The van der Waals surface area contributed by atoms with E-state index >= 15 is 0 Å². The number of halogens is 2. The van der Waals surface area contributed by atoms with Gasteiger partial charge in [0, 0.05) is 24.5 Å². The molecule has 4 N–H and O–H groups in total. The summed E-state index contributed by atoms with van der Waals surface area (Å²) in [5.41, 5.74) is 7.57. The highest BCUT2D eigenvalue weighted by Gasteiger charge is 2.51. The number of carboxylic acid groups (broad SMARTS) is 1. The van der Waals surface area contributed by atoms with Crippen molar-refractivity contribution in [3.05, 3.63) is 53.5 Å². The molecule has 1 amide bonds. The Morgan fingerprint density at radius 1 is 1.39 bits per heavy atom. The monoisotopic (exact) mass is 447 g/mol. The summed E-state index contributed by atoms with van der Waals surface area (Å²) < 4.78 is 1.98. The third-order valence-corrected chi connectivity index (χ3v) is 5.78. The summed E-state index contributed by atoms with van der Waals surface area (Å²) in [5.74, 6) is -0.917. The van der Waals surface area contributed by atoms with Gasteiger partial charge in [0.2, 0.25) is 5.91 Å². The van der Waals surface area contributed by atoms with Gasteiger partial charge < -0.3 is 28.4 Å². The Hall–Kier alpha value is -1.58. The van der Waals surface area contributed by atoms with Gasteiger partial charge in [-0.2, -0.15) is 0 Å². The highest BCUT2D eigenvalue weighted by Crippen LogP contribution is 2.39. The molecule has 7 nitrogen and oxygen atoms in total. The van der Waals surface area contributed by atoms with Crippen LogP contribution in [0.4, 0.5) is 0 Å². The molecule has 1 aromatic heterocycles. The normalized spacial score (nSPS) is 20.9. The molecular weight excluding hydrogens is 425 g/mol. The fraction of sp³-hybridized carbons (Fsp3) is 0.389. The van der Waals surface area contributed by atoms with Crippen molar-refractivity contribution < 1.29 is 36.8 Å². The number of thioether (sulfide) groups is 1. The van der Waals surface area contributed by atoms with Crippen molar-refractivity contribution in [3.63, 3.8) is 0 Å². The van der Waals surface area contributed by atoms with Crippen LogP contribution in [0.1, 0.15) is 12.0 Å². The molecule has 0 aliphatic carbocycles. The molecule has 0 unspecified atom stereocenters. The minimum absolute atomic E-state index is 0. The van der Waals surface area contributed by atoms with Crippen LogP contribution in [-0.2, 0) is 22.6 Å². The molecule has 3 heterocycles. The van der Waals surface area contributed by atoms with Gasteiger partial charge in [0.25, 0.3) is 0 Å². The lowest BCUT2D eigenvalue weighted by molar-refractivity contribution is -0.687. The first-order chi connectivity index (χ1) is 12.5. The van der Waals surface area contributed by atoms with E-state index < -0.39 is 12.0 Å². The van der Waals surface area contributed by atoms with Crippen LogP contribution in [0.3, 0.4) is 0 Å². The fourth-order valence-electron chi connectivity index (χ4n) is 3.04. The van der Waals surface area contributed by atoms with Crippen molar-refractivity contribution in [2.24, 2.45) is 5.73 Å². The topological polar surface area (TPSA) is 108 Å². The van der Waals surface area contributed by atoms with Crippen molar-refractivity contribution in [1.82, 2.24) is 4.90 Å². The third kappa shape index (κ3) is 5.07. The molecule has 0 bridgehead atoms. The van der Waals surface area contributed by atoms with E-state index in [1.807, 2.05) is 35.2 Å². The second-order valence-corrected chi connectivity index (χ2v) is 7.35. The van der Waals surface area contributed by atoms with E-state index in [1.165, 1.54) is 16.7 Å². The second kappa shape index (κ2) is 10.8. The van der Waals surface area contributed by atoms with Gasteiger partial charge >= 0.3 is 5.97 Å². The molecule has 0 radical (unpaired) electrons. The van der Waals surface area contributed by atoms with Crippen LogP contribution in [0.2, 0.25) is 0 Å². The number of fused-ring (bicyclic) bond motifs is 1. The largest absolute Gasteiger partial charge is 1.00 e. The number of aliphatic hydroxyl groups is 1. The van der Waals surface area contributed by atoms with Crippen molar-refractivity contribution in [2.45, 2.75) is 30.8 Å². The summed E-state index contributed by atoms with van der Waals surface area (Å²) in [6.45, 7) is 0.778. The maximum atomic E-state index is 11.9. The van der Waals surface area contributed by atoms with Crippen LogP contribution in [0.15, 0.2) is 47.9 Å². The number of carbonyl (C=O) groups is 2. The third-order valence-electron chi connectivity index (χ3n) is 4.46. The summed E-state index contributed by atoms with van der Waals surface area (Å²) in [4.78, 5) is 24.8. The van der Waals surface area contributed by atoms with Crippen molar-refractivity contribution in [3.8, 4) is 0 Å². The fourth-order valence-corrected chi connectivity index (χ4v) is 4.31. The molecule has 2 aliphatic rings. The Labute approximate surface area is 180 Å². The van der Waals surface area contributed by atoms with Crippen LogP contribution in [-0.4, -0.2) is 50.8 Å². The Bertz CT molecular complexity index is 771. The van der Waals surface area contributed by atoms with Crippen LogP contribution < -0.4 is 22.7 Å². The number of carboxylic acids is 1. The molecule has 0 aromatic carbocycles. The number of rotatable bonds is 7. The van der Waals surface area contributed by atoms with E-state index in [9.17, 15) is 14.7 Å². The van der Waals surface area contributed by atoms with Gasteiger partial charge in [0.1, 0.15) is 17.1 Å². The van der Waals surface area contributed by atoms with E-state index in [0.717, 1.165) is 18.4 Å². The van der Waals surface area contributed by atoms with Crippen LogP contribution in [0, 0.1) is 0 Å². The quantitative estimate of drug-likeness (QED) is 0.314. The summed E-state index contributed by atoms with van der Waals surface area (Å²) in [7, 11) is 0. The maximum absolute atomic E-state index is 11.9. The second-order valence-electron chi connectivity index (χ2n) is 6.25. The molecule has 154 valence electrons. The van der Waals surface area contributed by atoms with Crippen molar-refractivity contribution in [1.29, 1.82) is 0 Å². The van der Waals surface area contributed by atoms with E-state index in [4.69, 9.17) is 10.8 Å². The number of allylic oxidation sites excluding steroid dienone is 2. The van der Waals surface area contributed by atoms with Gasteiger partial charge in [-0.15, -0.1) is 24.2 Å². The molecule has 28 heavy (non-hydrogen) atoms. The van der Waals surface area contributed by atoms with Gasteiger partial charge in [-0.1, -0.05) is 6.08 Å². The highest BCUT2D eigenvalue weighted by atomic mass is 35.5. The lowest BCUT2D eigenvalue weighted by Gasteiger charge is -2.47. The number of β-lactam (4-membered cyclic amide) rings is 1. The van der Waals surface area contributed by atoms with Gasteiger partial charge in [0.15, 0.2) is 18.9 Å². The van der Waals surface area contributed by atoms with Gasteiger partial charge in [-0.05, 0) is 30.1 Å². The molecule has 2 atom stereocenters. The predicted molar refractivity (Wildman–Crippen MR) is 104 cm³/mol. The van der Waals surface area contributed by atoms with E-state index in [0.29, 0.717) is 17.9 Å². The SMILES string of the molecule is Cl.N[C@@H]1C(=O)N2C(C(=O)O)=C(/C=C/C[n+]3ccc(CCCO)cc3)CS[C@H]12.[Cl-]. The zero-order chi connectivity index (χ0) is 18.7. The zero-order valence-electron chi connectivity index (χ0n) is 15.0. The number of aromatic nitrogens is 1. The number of carbonyl (C=O) groups excluding carboxylic acids is 1. The summed E-state index contributed by atoms with van der Waals surface area (Å²) in [5, 5.41) is 18.1. The molecular formula is C18H23Cl2N3O4S. The minimum Gasteiger partial charge on any atom is -1.00 e. The Morgan fingerprint density at radius 3 is 2.68 bits per heavy atom. The first-order valence-corrected chi connectivity index (χ1v) is 9.50.